The van der Waals surface area contributed by atoms with Gasteiger partial charge in [0.2, 0.25) is 4.90 Å². The van der Waals surface area contributed by atoms with E-state index >= 15 is 0 Å². The maximum atomic E-state index is 11.8. The number of carbonyl (C=O) groups is 1. The van der Waals surface area contributed by atoms with Gasteiger partial charge in [0.05, 0.1) is 35.7 Å². The van der Waals surface area contributed by atoms with Crippen LogP contribution in [-0.2, 0) is 25.8 Å². The first-order valence-electron chi connectivity index (χ1n) is 17.8. The van der Waals surface area contributed by atoms with Crippen LogP contribution in [0.5, 0.6) is 17.2 Å². The normalized spacial score (nSPS) is 19.4. The molecule has 2 unspecified atom stereocenters. The molecule has 2 aliphatic carbocycles. The summed E-state index contributed by atoms with van der Waals surface area (Å²) in [5.41, 5.74) is -1.22. The Morgan fingerprint density at radius 3 is 1.63 bits per heavy atom. The van der Waals surface area contributed by atoms with Gasteiger partial charge < -0.3 is 18.8 Å². The predicted molar refractivity (Wildman–Crippen MR) is 196 cm³/mol. The van der Waals surface area contributed by atoms with Gasteiger partial charge in [0.25, 0.3) is 0 Å². The van der Waals surface area contributed by atoms with Crippen molar-refractivity contribution in [1.82, 2.24) is 0 Å². The lowest BCUT2D eigenvalue weighted by Gasteiger charge is -2.37. The number of hydrogen-bond donors (Lipinski definition) is 0. The van der Waals surface area contributed by atoms with Crippen LogP contribution in [0, 0.1) is 16.7 Å². The first-order valence-corrected chi connectivity index (χ1v) is 20.6. The third-order valence-corrected chi connectivity index (χ3v) is 13.1. The van der Waals surface area contributed by atoms with Crippen LogP contribution >= 0.6 is 0 Å². The zero-order valence-corrected chi connectivity index (χ0v) is 31.5. The van der Waals surface area contributed by atoms with E-state index in [2.05, 4.69) is 93.6 Å². The van der Waals surface area contributed by atoms with Crippen molar-refractivity contribution in [3.63, 3.8) is 0 Å². The van der Waals surface area contributed by atoms with Gasteiger partial charge in [-0.3, -0.25) is 4.79 Å². The quantitative estimate of drug-likeness (QED) is 0.0782. The molecule has 268 valence electrons. The predicted octanol–water partition coefficient (Wildman–Crippen LogP) is 9.25. The number of ether oxygens (including phenoxy) is 3. The highest BCUT2D eigenvalue weighted by Crippen LogP contribution is 2.64. The fourth-order valence-electron chi connectivity index (χ4n) is 6.93. The van der Waals surface area contributed by atoms with Gasteiger partial charge in [-0.1, -0.05) is 90.3 Å². The molecule has 0 N–H and O–H groups in total. The molecule has 0 aliphatic heterocycles. The molecule has 0 saturated heterocycles. The summed E-state index contributed by atoms with van der Waals surface area (Å²) in [4.78, 5) is 15.4. The molecule has 0 spiro atoms. The second-order valence-corrected chi connectivity index (χ2v) is 17.0. The van der Waals surface area contributed by atoms with E-state index in [9.17, 15) is 17.8 Å². The van der Waals surface area contributed by atoms with Crippen molar-refractivity contribution in [3.8, 4) is 17.2 Å². The second-order valence-electron chi connectivity index (χ2n) is 13.7. The van der Waals surface area contributed by atoms with Crippen LogP contribution in [0.25, 0.3) is 0 Å². The van der Waals surface area contributed by atoms with E-state index in [1.165, 1.54) is 9.79 Å². The fourth-order valence-corrected chi connectivity index (χ4v) is 10.5. The molecule has 2 fully saturated rings. The minimum Gasteiger partial charge on any atom is -0.748 e. The van der Waals surface area contributed by atoms with Crippen molar-refractivity contribution in [2.45, 2.75) is 107 Å². The highest BCUT2D eigenvalue weighted by Gasteiger charge is 2.64. The Hall–Kier alpha value is -3.01. The van der Waals surface area contributed by atoms with Gasteiger partial charge in [-0.2, -0.15) is 0 Å². The highest BCUT2D eigenvalue weighted by atomic mass is 32.2. The maximum Gasteiger partial charge on any atom is 0.250 e. The van der Waals surface area contributed by atoms with Crippen LogP contribution < -0.4 is 14.2 Å². The van der Waals surface area contributed by atoms with Crippen LogP contribution in [-0.4, -0.2) is 44.3 Å². The number of rotatable bonds is 17. The van der Waals surface area contributed by atoms with Crippen LogP contribution in [0.15, 0.2) is 87.5 Å². The third-order valence-electron chi connectivity index (χ3n) is 10.00. The Bertz CT molecular complexity index is 1520. The molecular weight excluding hydrogens is 657 g/mol. The van der Waals surface area contributed by atoms with Crippen molar-refractivity contribution in [3.05, 3.63) is 72.8 Å². The first kappa shape index (κ1) is 38.8. The topological polar surface area (TPSA) is 102 Å². The number of benzene rings is 3. The van der Waals surface area contributed by atoms with E-state index in [1.807, 2.05) is 13.8 Å². The van der Waals surface area contributed by atoms with Gasteiger partial charge in [0.1, 0.15) is 22.4 Å². The zero-order valence-electron chi connectivity index (χ0n) is 29.9. The summed E-state index contributed by atoms with van der Waals surface area (Å²) in [6.45, 7) is 12.4. The molecule has 3 aromatic carbocycles. The molecule has 2 atom stereocenters. The molecule has 2 saturated carbocycles. The lowest BCUT2D eigenvalue weighted by molar-refractivity contribution is -0.128. The minimum atomic E-state index is -4.33. The van der Waals surface area contributed by atoms with Crippen LogP contribution in [0.4, 0.5) is 0 Å². The summed E-state index contributed by atoms with van der Waals surface area (Å²) in [7, 11) is -4.70. The molecule has 3 aromatic rings. The average molecular weight is 711 g/mol. The van der Waals surface area contributed by atoms with E-state index < -0.39 is 21.3 Å². The Kier molecular flexibility index (Phi) is 14.1. The van der Waals surface area contributed by atoms with Crippen LogP contribution in [0.1, 0.15) is 92.4 Å². The molecule has 2 bridgehead atoms. The van der Waals surface area contributed by atoms with Crippen molar-refractivity contribution >= 4 is 26.8 Å². The summed E-state index contributed by atoms with van der Waals surface area (Å²) in [5, 5.41) is 0. The fraction of sp³-hybridized carbons (Fsp3) is 0.525. The molecule has 5 rings (SSSR count). The molecule has 49 heavy (non-hydrogen) atoms. The summed E-state index contributed by atoms with van der Waals surface area (Å²) in [6, 6.07) is 25.5. The van der Waals surface area contributed by atoms with Gasteiger partial charge in [0.15, 0.2) is 21.3 Å². The zero-order chi connectivity index (χ0) is 35.5. The van der Waals surface area contributed by atoms with E-state index in [4.69, 9.17) is 14.2 Å². The van der Waals surface area contributed by atoms with Crippen molar-refractivity contribution < 1.29 is 32.0 Å². The van der Waals surface area contributed by atoms with Crippen LogP contribution in [0.3, 0.4) is 0 Å². The lowest BCUT2D eigenvalue weighted by Crippen LogP contribution is -2.42. The number of hydrogen-bond acceptors (Lipinski definition) is 7. The molecule has 7 nitrogen and oxygen atoms in total. The van der Waals surface area contributed by atoms with E-state index in [1.54, 1.807) is 0 Å². The number of Topliss-reactive ketones (excluding diaryl/α,β-unsaturated/α-hetero) is 1. The minimum absolute atomic E-state index is 0.0248. The summed E-state index contributed by atoms with van der Waals surface area (Å²) >= 11 is 0. The Balaban J connectivity index is 0.000000299. The highest BCUT2D eigenvalue weighted by molar-refractivity contribution is 7.97. The molecule has 0 radical (unpaired) electrons. The summed E-state index contributed by atoms with van der Waals surface area (Å²) < 4.78 is 51.7. The third kappa shape index (κ3) is 9.62. The smallest absolute Gasteiger partial charge is 0.250 e. The van der Waals surface area contributed by atoms with E-state index in [0.29, 0.717) is 32.7 Å². The Labute approximate surface area is 297 Å². The van der Waals surface area contributed by atoms with Crippen molar-refractivity contribution in [1.29, 1.82) is 0 Å². The van der Waals surface area contributed by atoms with Gasteiger partial charge in [-0.25, -0.2) is 8.42 Å². The molecule has 0 heterocycles. The van der Waals surface area contributed by atoms with Gasteiger partial charge in [-0.05, 0) is 67.7 Å². The van der Waals surface area contributed by atoms with Gasteiger partial charge >= 0.3 is 0 Å². The standard InChI is InChI=1S/C30H39O3S.C10H16O4S/c1-4-7-20-31-25-23-28(32-21-8-5-2)30(29(24-25)33-22-9-6-3)34(26-16-12-10-13-17-26)27-18-14-11-15-19-27;1-9(2)7-3-4-10(9,8(11)5-7)6-15(12,13)14/h10-19,23-24H,4-9,20-22H2,1-3H3;7H,3-6H2,1-2H3,(H,12,13,14)/q+1;/p-1. The molecule has 0 aromatic heterocycles. The van der Waals surface area contributed by atoms with Gasteiger partial charge in [0, 0.05) is 24.0 Å². The van der Waals surface area contributed by atoms with Crippen LogP contribution in [0.2, 0.25) is 0 Å². The number of carbonyl (C=O) groups excluding carboxylic acids is 1. The maximum absolute atomic E-state index is 11.8. The van der Waals surface area contributed by atoms with E-state index in [0.717, 1.165) is 67.1 Å². The average Bonchev–Trinajstić information content (AvgIpc) is 3.41. The molecular formula is C40H54O7S2. The SMILES string of the molecule is CC1(C)C2CCC1(CS(=O)(=O)[O-])C(=O)C2.CCCCOc1cc(OCCCC)c([S+](c2ccccc2)c2ccccc2)c(OCCCC)c1. The molecule has 9 heteroatoms. The summed E-state index contributed by atoms with van der Waals surface area (Å²) in [6.07, 6.45) is 8.20. The monoisotopic (exact) mass is 710 g/mol. The lowest BCUT2D eigenvalue weighted by atomic mass is 9.70. The number of ketones is 1. The first-order chi connectivity index (χ1) is 23.5. The molecule has 0 amide bonds. The Morgan fingerprint density at radius 2 is 1.24 bits per heavy atom. The van der Waals surface area contributed by atoms with Crippen molar-refractivity contribution in [2.75, 3.05) is 25.6 Å². The summed E-state index contributed by atoms with van der Waals surface area (Å²) in [5.74, 6) is 2.27. The largest absolute Gasteiger partial charge is 0.748 e. The number of unbranched alkanes of at least 4 members (excludes halogenated alkanes) is 3. The number of fused-ring (bicyclic) bond motifs is 2. The molecule has 2 aliphatic rings. The van der Waals surface area contributed by atoms with Gasteiger partial charge in [-0.15, -0.1) is 0 Å². The second kappa shape index (κ2) is 17.8. The van der Waals surface area contributed by atoms with E-state index in [-0.39, 0.29) is 28.0 Å². The van der Waals surface area contributed by atoms with Crippen molar-refractivity contribution in [2.24, 2.45) is 16.7 Å². The Morgan fingerprint density at radius 1 is 0.776 bits per heavy atom.